The van der Waals surface area contributed by atoms with Crippen LogP contribution in [0.2, 0.25) is 0 Å². The number of aromatic nitrogens is 3. The largest absolute Gasteiger partial charge is 0.325 e. The molecule has 19 heavy (non-hydrogen) atoms. The van der Waals surface area contributed by atoms with E-state index in [-0.39, 0.29) is 0 Å². The van der Waals surface area contributed by atoms with E-state index >= 15 is 0 Å². The Morgan fingerprint density at radius 3 is 2.79 bits per heavy atom. The first-order valence-corrected chi connectivity index (χ1v) is 6.78. The highest BCUT2D eigenvalue weighted by Crippen LogP contribution is 2.30. The van der Waals surface area contributed by atoms with Crippen molar-refractivity contribution in [1.82, 2.24) is 14.4 Å². The molecule has 0 unspecified atom stereocenters. The van der Waals surface area contributed by atoms with E-state index in [4.69, 9.17) is 5.73 Å². The molecule has 5 heteroatoms. The number of aryl methyl sites for hydroxylation is 1. The monoisotopic (exact) mass is 316 g/mol. The minimum absolute atomic E-state index is 0.427. The molecule has 4 nitrogen and oxygen atoms in total. The molecule has 0 aliphatic carbocycles. The van der Waals surface area contributed by atoms with Gasteiger partial charge in [-0.05, 0) is 13.0 Å². The van der Waals surface area contributed by atoms with Gasteiger partial charge < -0.3 is 5.73 Å². The first kappa shape index (κ1) is 12.3. The molecule has 3 aromatic rings. The van der Waals surface area contributed by atoms with Crippen LogP contribution in [0.25, 0.3) is 16.8 Å². The zero-order chi connectivity index (χ0) is 13.4. The number of hydrogen-bond acceptors (Lipinski definition) is 3. The Hall–Kier alpha value is -1.72. The van der Waals surface area contributed by atoms with Crippen molar-refractivity contribution in [3.05, 3.63) is 52.7 Å². The quantitative estimate of drug-likeness (QED) is 0.790. The van der Waals surface area contributed by atoms with Crippen molar-refractivity contribution in [2.45, 2.75) is 13.5 Å². The average Bonchev–Trinajstić information content (AvgIpc) is 2.85. The van der Waals surface area contributed by atoms with E-state index in [0.29, 0.717) is 6.54 Å². The second kappa shape index (κ2) is 4.75. The van der Waals surface area contributed by atoms with Crippen molar-refractivity contribution in [3.8, 4) is 11.1 Å². The molecular weight excluding hydrogens is 304 g/mol. The summed E-state index contributed by atoms with van der Waals surface area (Å²) in [5, 5.41) is 0. The molecule has 0 saturated heterocycles. The maximum atomic E-state index is 5.68. The van der Waals surface area contributed by atoms with Crippen molar-refractivity contribution in [2.24, 2.45) is 5.73 Å². The molecule has 0 fully saturated rings. The Morgan fingerprint density at radius 2 is 2.05 bits per heavy atom. The summed E-state index contributed by atoms with van der Waals surface area (Å²) >= 11 is 3.57. The summed E-state index contributed by atoms with van der Waals surface area (Å²) in [4.78, 5) is 9.02. The lowest BCUT2D eigenvalue weighted by atomic mass is 10.1. The third-order valence-electron chi connectivity index (χ3n) is 3.10. The molecule has 2 heterocycles. The van der Waals surface area contributed by atoms with Crippen molar-refractivity contribution in [2.75, 3.05) is 0 Å². The fraction of sp³-hybridized carbons (Fsp3) is 0.143. The van der Waals surface area contributed by atoms with Gasteiger partial charge in [0.05, 0.1) is 5.69 Å². The lowest BCUT2D eigenvalue weighted by Gasteiger charge is -2.07. The molecule has 0 aliphatic rings. The standard InChI is InChI=1S/C14H13BrN4/c1-9-17-7-12(11-4-2-3-5-13(11)15)14-18-10(6-16)8-19(9)14/h2-5,7-8H,6,16H2,1H3. The number of halogens is 1. The number of fused-ring (bicyclic) bond motifs is 1. The smallest absolute Gasteiger partial charge is 0.147 e. The molecule has 0 amide bonds. The highest BCUT2D eigenvalue weighted by atomic mass is 79.9. The number of nitrogens with two attached hydrogens (primary N) is 1. The maximum Gasteiger partial charge on any atom is 0.147 e. The van der Waals surface area contributed by atoms with E-state index in [1.54, 1.807) is 0 Å². The van der Waals surface area contributed by atoms with Gasteiger partial charge in [0.25, 0.3) is 0 Å². The summed E-state index contributed by atoms with van der Waals surface area (Å²) in [5.41, 5.74) is 9.51. The zero-order valence-corrected chi connectivity index (χ0v) is 12.1. The number of hydrogen-bond donors (Lipinski definition) is 1. The van der Waals surface area contributed by atoms with Crippen LogP contribution in [0.5, 0.6) is 0 Å². The van der Waals surface area contributed by atoms with Crippen molar-refractivity contribution in [1.29, 1.82) is 0 Å². The lowest BCUT2D eigenvalue weighted by Crippen LogP contribution is -1.96. The minimum atomic E-state index is 0.427. The third kappa shape index (κ3) is 2.05. The molecule has 2 aromatic heterocycles. The van der Waals surface area contributed by atoms with Crippen LogP contribution < -0.4 is 5.73 Å². The predicted molar refractivity (Wildman–Crippen MR) is 78.8 cm³/mol. The van der Waals surface area contributed by atoms with Crippen LogP contribution in [-0.4, -0.2) is 14.4 Å². The van der Waals surface area contributed by atoms with Gasteiger partial charge in [0.2, 0.25) is 0 Å². The molecule has 1 aromatic carbocycles. The Labute approximate surface area is 119 Å². The summed E-state index contributed by atoms with van der Waals surface area (Å²) in [6.07, 6.45) is 3.80. The van der Waals surface area contributed by atoms with E-state index in [9.17, 15) is 0 Å². The van der Waals surface area contributed by atoms with Gasteiger partial charge in [0, 0.05) is 34.5 Å². The minimum Gasteiger partial charge on any atom is -0.325 e. The molecule has 3 rings (SSSR count). The Kier molecular flexibility index (Phi) is 3.08. The molecule has 0 saturated carbocycles. The summed E-state index contributed by atoms with van der Waals surface area (Å²) in [6.45, 7) is 2.38. The Morgan fingerprint density at radius 1 is 1.26 bits per heavy atom. The molecule has 0 spiro atoms. The van der Waals surface area contributed by atoms with Crippen LogP contribution in [0.1, 0.15) is 11.5 Å². The van der Waals surface area contributed by atoms with Gasteiger partial charge in [-0.3, -0.25) is 4.40 Å². The fourth-order valence-corrected chi connectivity index (χ4v) is 2.61. The van der Waals surface area contributed by atoms with E-state index in [2.05, 4.69) is 25.9 Å². The predicted octanol–water partition coefficient (Wildman–Crippen LogP) is 2.93. The summed E-state index contributed by atoms with van der Waals surface area (Å²) < 4.78 is 3.01. The van der Waals surface area contributed by atoms with E-state index in [1.807, 2.05) is 48.0 Å². The SMILES string of the molecule is Cc1ncc(-c2ccccc2Br)c2nc(CN)cn12. The van der Waals surface area contributed by atoms with E-state index in [1.165, 1.54) is 0 Å². The van der Waals surface area contributed by atoms with E-state index in [0.717, 1.165) is 32.8 Å². The highest BCUT2D eigenvalue weighted by Gasteiger charge is 2.12. The van der Waals surface area contributed by atoms with Gasteiger partial charge in [-0.2, -0.15) is 0 Å². The molecule has 0 radical (unpaired) electrons. The van der Waals surface area contributed by atoms with Gasteiger partial charge >= 0.3 is 0 Å². The number of imidazole rings is 1. The molecule has 0 atom stereocenters. The van der Waals surface area contributed by atoms with Crippen LogP contribution >= 0.6 is 15.9 Å². The number of nitrogens with zero attached hydrogens (tertiary/aromatic N) is 3. The summed E-state index contributed by atoms with van der Waals surface area (Å²) in [6, 6.07) is 8.05. The number of benzene rings is 1. The zero-order valence-electron chi connectivity index (χ0n) is 10.5. The molecule has 0 bridgehead atoms. The van der Waals surface area contributed by atoms with Gasteiger partial charge in [0.15, 0.2) is 0 Å². The Balaban J connectivity index is 2.33. The Bertz CT molecular complexity index is 748. The maximum absolute atomic E-state index is 5.68. The van der Waals surface area contributed by atoms with Gasteiger partial charge in [-0.25, -0.2) is 9.97 Å². The lowest BCUT2D eigenvalue weighted by molar-refractivity contribution is 0.979. The topological polar surface area (TPSA) is 56.2 Å². The second-order valence-corrected chi connectivity index (χ2v) is 5.18. The van der Waals surface area contributed by atoms with Crippen LogP contribution in [0, 0.1) is 6.92 Å². The first-order valence-electron chi connectivity index (χ1n) is 5.99. The molecule has 96 valence electrons. The van der Waals surface area contributed by atoms with Crippen LogP contribution in [0.3, 0.4) is 0 Å². The summed E-state index contributed by atoms with van der Waals surface area (Å²) in [5.74, 6) is 0.901. The van der Waals surface area contributed by atoms with Crippen LogP contribution in [-0.2, 0) is 6.54 Å². The van der Waals surface area contributed by atoms with Crippen molar-refractivity contribution >= 4 is 21.6 Å². The third-order valence-corrected chi connectivity index (χ3v) is 3.79. The highest BCUT2D eigenvalue weighted by molar-refractivity contribution is 9.10. The van der Waals surface area contributed by atoms with Gasteiger partial charge in [-0.1, -0.05) is 34.1 Å². The van der Waals surface area contributed by atoms with Crippen LogP contribution in [0.4, 0.5) is 0 Å². The van der Waals surface area contributed by atoms with Gasteiger partial charge in [0.1, 0.15) is 11.5 Å². The fourth-order valence-electron chi connectivity index (χ4n) is 2.11. The normalized spacial score (nSPS) is 11.1. The van der Waals surface area contributed by atoms with Gasteiger partial charge in [-0.15, -0.1) is 0 Å². The van der Waals surface area contributed by atoms with E-state index < -0.39 is 0 Å². The summed E-state index contributed by atoms with van der Waals surface area (Å²) in [7, 11) is 0. The van der Waals surface area contributed by atoms with Crippen LogP contribution in [0.15, 0.2) is 41.1 Å². The molecule has 0 aliphatic heterocycles. The molecular formula is C14H13BrN4. The second-order valence-electron chi connectivity index (χ2n) is 4.33. The van der Waals surface area contributed by atoms with Crippen molar-refractivity contribution in [3.63, 3.8) is 0 Å². The average molecular weight is 317 g/mol. The first-order chi connectivity index (χ1) is 9.20. The number of rotatable bonds is 2. The van der Waals surface area contributed by atoms with Crippen molar-refractivity contribution < 1.29 is 0 Å². The molecule has 2 N–H and O–H groups in total.